The Morgan fingerprint density at radius 3 is 2.70 bits per heavy atom. The van der Waals surface area contributed by atoms with Gasteiger partial charge in [-0.2, -0.15) is 5.10 Å². The van der Waals surface area contributed by atoms with Crippen LogP contribution in [0.1, 0.15) is 41.6 Å². The Morgan fingerprint density at radius 2 is 2.03 bits per heavy atom. The molecule has 5 rings (SSSR count). The van der Waals surface area contributed by atoms with Gasteiger partial charge in [-0.1, -0.05) is 11.6 Å². The largest absolute Gasteiger partial charge is 0.389 e. The predicted molar refractivity (Wildman–Crippen MR) is 127 cm³/mol. The molecule has 2 aliphatic heterocycles. The molecule has 0 aliphatic carbocycles. The number of pyridine rings is 1. The van der Waals surface area contributed by atoms with Gasteiger partial charge in [0.15, 0.2) is 0 Å². The fourth-order valence-corrected chi connectivity index (χ4v) is 5.27. The lowest BCUT2D eigenvalue weighted by molar-refractivity contribution is -0.00211. The molecule has 2 unspecified atom stereocenters. The smallest absolute Gasteiger partial charge is 0.260 e. The summed E-state index contributed by atoms with van der Waals surface area (Å²) in [7, 11) is 1.77. The van der Waals surface area contributed by atoms with E-state index < -0.39 is 6.10 Å². The molecule has 8 nitrogen and oxygen atoms in total. The van der Waals surface area contributed by atoms with Gasteiger partial charge in [-0.25, -0.2) is 4.98 Å². The summed E-state index contributed by atoms with van der Waals surface area (Å²) in [6, 6.07) is 5.95. The Labute approximate surface area is 197 Å². The van der Waals surface area contributed by atoms with Gasteiger partial charge in [-0.3, -0.25) is 14.4 Å². The van der Waals surface area contributed by atoms with Crippen molar-refractivity contribution in [2.75, 3.05) is 31.6 Å². The number of aryl methyl sites for hydroxylation is 1. The number of nitrogens with one attached hydrogen (secondary N) is 1. The minimum Gasteiger partial charge on any atom is -0.389 e. The molecule has 33 heavy (non-hydrogen) atoms. The highest BCUT2D eigenvalue weighted by Crippen LogP contribution is 2.38. The molecular weight excluding hydrogens is 442 g/mol. The molecule has 0 bridgehead atoms. The Kier molecular flexibility index (Phi) is 5.86. The Balaban J connectivity index is 1.33. The maximum atomic E-state index is 12.5. The van der Waals surface area contributed by atoms with Crippen LogP contribution in [0.15, 0.2) is 36.8 Å². The lowest BCUT2D eigenvalue weighted by Gasteiger charge is -2.43. The number of aromatic nitrogens is 3. The molecule has 9 heteroatoms. The summed E-state index contributed by atoms with van der Waals surface area (Å²) < 4.78 is 7.11. The summed E-state index contributed by atoms with van der Waals surface area (Å²) in [5.41, 5.74) is 1.29. The Morgan fingerprint density at radius 1 is 1.24 bits per heavy atom. The van der Waals surface area contributed by atoms with Gasteiger partial charge < -0.3 is 15.2 Å². The number of aliphatic hydroxyl groups excluding tert-OH is 1. The first-order valence-corrected chi connectivity index (χ1v) is 11.6. The molecule has 1 amide bonds. The van der Waals surface area contributed by atoms with Gasteiger partial charge in [0.2, 0.25) is 0 Å². The summed E-state index contributed by atoms with van der Waals surface area (Å²) in [5, 5.41) is 19.9. The number of nitrogens with zero attached hydrogens (tertiary/aromatic N) is 4. The first-order valence-electron chi connectivity index (χ1n) is 11.2. The van der Waals surface area contributed by atoms with Gasteiger partial charge in [0, 0.05) is 29.9 Å². The number of piperidine rings is 1. The topological polar surface area (TPSA) is 92.5 Å². The standard InChI is InChI=1S/C24H28ClN5O3/c1-24(14-33-13-21(24)31)30-5-3-15(4-6-30)19-7-16-9-22(26-10-17(16)8-20(19)25)28-23(32)18-11-27-29(2)12-18/h7-12,15,21,31H,3-6,13-14H2,1-2H3,(H,26,28,32). The predicted octanol–water partition coefficient (Wildman–Crippen LogP) is 3.20. The molecule has 2 N–H and O–H groups in total. The number of likely N-dealkylation sites (tertiary alicyclic amines) is 1. The third kappa shape index (κ3) is 4.24. The molecule has 1 aromatic carbocycles. The van der Waals surface area contributed by atoms with Crippen LogP contribution in [0.3, 0.4) is 0 Å². The third-order valence-electron chi connectivity index (χ3n) is 7.09. The van der Waals surface area contributed by atoms with Crippen molar-refractivity contribution in [3.8, 4) is 0 Å². The maximum Gasteiger partial charge on any atom is 0.260 e. The fourth-order valence-electron chi connectivity index (χ4n) is 4.95. The molecule has 4 heterocycles. The van der Waals surface area contributed by atoms with Crippen LogP contribution in [-0.2, 0) is 11.8 Å². The number of anilines is 1. The highest BCUT2D eigenvalue weighted by molar-refractivity contribution is 6.32. The lowest BCUT2D eigenvalue weighted by Crippen LogP contribution is -2.56. The van der Waals surface area contributed by atoms with E-state index >= 15 is 0 Å². The number of rotatable bonds is 4. The zero-order valence-electron chi connectivity index (χ0n) is 18.8. The van der Waals surface area contributed by atoms with Crippen LogP contribution in [0.5, 0.6) is 0 Å². The maximum absolute atomic E-state index is 12.5. The molecule has 0 spiro atoms. The zero-order chi connectivity index (χ0) is 23.2. The van der Waals surface area contributed by atoms with Gasteiger partial charge >= 0.3 is 0 Å². The lowest BCUT2D eigenvalue weighted by atomic mass is 9.85. The van der Waals surface area contributed by atoms with E-state index in [1.165, 1.54) is 6.20 Å². The molecule has 2 saturated heterocycles. The van der Waals surface area contributed by atoms with Crippen molar-refractivity contribution in [3.05, 3.63) is 52.9 Å². The average Bonchev–Trinajstić information content (AvgIpc) is 3.39. The fraction of sp³-hybridized carbons (Fsp3) is 0.458. The van der Waals surface area contributed by atoms with Crippen molar-refractivity contribution in [1.82, 2.24) is 19.7 Å². The Bertz CT molecular complexity index is 1190. The van der Waals surface area contributed by atoms with Crippen molar-refractivity contribution in [2.24, 2.45) is 7.05 Å². The van der Waals surface area contributed by atoms with Crippen LogP contribution < -0.4 is 5.32 Å². The zero-order valence-corrected chi connectivity index (χ0v) is 19.5. The van der Waals surface area contributed by atoms with Crippen molar-refractivity contribution in [1.29, 1.82) is 0 Å². The van der Waals surface area contributed by atoms with Gasteiger partial charge in [0.25, 0.3) is 5.91 Å². The van der Waals surface area contributed by atoms with Crippen LogP contribution in [0.2, 0.25) is 5.02 Å². The summed E-state index contributed by atoms with van der Waals surface area (Å²) >= 11 is 6.68. The third-order valence-corrected chi connectivity index (χ3v) is 7.42. The molecule has 3 aromatic rings. The first-order chi connectivity index (χ1) is 15.8. The van der Waals surface area contributed by atoms with Crippen LogP contribution in [0.4, 0.5) is 5.82 Å². The minimum absolute atomic E-state index is 0.247. The van der Waals surface area contributed by atoms with Crippen molar-refractivity contribution >= 4 is 34.1 Å². The highest BCUT2D eigenvalue weighted by Gasteiger charge is 2.45. The van der Waals surface area contributed by atoms with Crippen molar-refractivity contribution < 1.29 is 14.6 Å². The van der Waals surface area contributed by atoms with Crippen LogP contribution in [-0.4, -0.2) is 68.6 Å². The van der Waals surface area contributed by atoms with Crippen LogP contribution in [0, 0.1) is 0 Å². The normalized spacial score (nSPS) is 24.4. The van der Waals surface area contributed by atoms with Gasteiger partial charge in [0.1, 0.15) is 5.82 Å². The van der Waals surface area contributed by atoms with E-state index in [2.05, 4.69) is 33.3 Å². The van der Waals surface area contributed by atoms with Crippen LogP contribution in [0.25, 0.3) is 10.8 Å². The summed E-state index contributed by atoms with van der Waals surface area (Å²) in [5.74, 6) is 0.577. The van der Waals surface area contributed by atoms with E-state index in [0.717, 1.165) is 47.3 Å². The van der Waals surface area contributed by atoms with E-state index in [0.29, 0.717) is 30.5 Å². The average molecular weight is 470 g/mol. The number of amides is 1. The van der Waals surface area contributed by atoms with Gasteiger partial charge in [0.05, 0.1) is 36.6 Å². The van der Waals surface area contributed by atoms with Gasteiger partial charge in [-0.15, -0.1) is 0 Å². The molecular formula is C24H28ClN5O3. The number of fused-ring (bicyclic) bond motifs is 1. The number of halogens is 1. The molecule has 2 atom stereocenters. The van der Waals surface area contributed by atoms with Crippen LogP contribution >= 0.6 is 11.6 Å². The number of aliphatic hydroxyl groups is 1. The number of hydrogen-bond acceptors (Lipinski definition) is 6. The van der Waals surface area contributed by atoms with E-state index in [9.17, 15) is 9.90 Å². The molecule has 0 saturated carbocycles. The number of ether oxygens (including phenoxy) is 1. The first kappa shape index (κ1) is 22.3. The number of hydrogen-bond donors (Lipinski definition) is 2. The minimum atomic E-state index is -0.453. The molecule has 0 radical (unpaired) electrons. The quantitative estimate of drug-likeness (QED) is 0.609. The number of carbonyl (C=O) groups excluding carboxylic acids is 1. The van der Waals surface area contributed by atoms with E-state index in [-0.39, 0.29) is 11.4 Å². The van der Waals surface area contributed by atoms with Crippen molar-refractivity contribution in [3.63, 3.8) is 0 Å². The second-order valence-corrected chi connectivity index (χ2v) is 9.70. The van der Waals surface area contributed by atoms with Gasteiger partial charge in [-0.05, 0) is 67.9 Å². The Hall–Kier alpha value is -2.52. The summed E-state index contributed by atoms with van der Waals surface area (Å²) in [4.78, 5) is 19.2. The molecule has 2 aromatic heterocycles. The number of carbonyl (C=O) groups is 1. The second kappa shape index (κ2) is 8.68. The van der Waals surface area contributed by atoms with E-state index in [1.54, 1.807) is 24.1 Å². The SMILES string of the molecule is Cn1cc(C(=O)Nc2cc3cc(C4CCN(C5(C)COCC5O)CC4)c(Cl)cc3cn2)cn1. The summed E-state index contributed by atoms with van der Waals surface area (Å²) in [6.07, 6.45) is 6.39. The molecule has 2 fully saturated rings. The monoisotopic (exact) mass is 469 g/mol. The number of benzene rings is 1. The van der Waals surface area contributed by atoms with E-state index in [4.69, 9.17) is 16.3 Å². The molecule has 174 valence electrons. The summed E-state index contributed by atoms with van der Waals surface area (Å²) in [6.45, 7) is 4.83. The second-order valence-electron chi connectivity index (χ2n) is 9.30. The van der Waals surface area contributed by atoms with Crippen molar-refractivity contribution in [2.45, 2.75) is 37.3 Å². The van der Waals surface area contributed by atoms with E-state index in [1.807, 2.05) is 12.1 Å². The highest BCUT2D eigenvalue weighted by atomic mass is 35.5. The molecule has 2 aliphatic rings.